The van der Waals surface area contributed by atoms with Crippen LogP contribution in [0.2, 0.25) is 0 Å². The van der Waals surface area contributed by atoms with Crippen molar-refractivity contribution in [2.75, 3.05) is 11.9 Å². The molecule has 1 saturated heterocycles. The van der Waals surface area contributed by atoms with Gasteiger partial charge in [0, 0.05) is 22.9 Å². The zero-order valence-electron chi connectivity index (χ0n) is 12.7. The normalized spacial score (nSPS) is 20.6. The van der Waals surface area contributed by atoms with Gasteiger partial charge in [0.15, 0.2) is 5.13 Å². The van der Waals surface area contributed by atoms with Crippen molar-refractivity contribution >= 4 is 34.8 Å². The van der Waals surface area contributed by atoms with Gasteiger partial charge in [0.05, 0.1) is 5.69 Å². The summed E-state index contributed by atoms with van der Waals surface area (Å²) in [6, 6.07) is 6.66. The second kappa shape index (κ2) is 7.86. The van der Waals surface area contributed by atoms with Crippen LogP contribution in [0.1, 0.15) is 19.8 Å². The van der Waals surface area contributed by atoms with E-state index in [1.165, 1.54) is 23.5 Å². The zero-order valence-corrected chi connectivity index (χ0v) is 14.3. The molecule has 1 aliphatic rings. The summed E-state index contributed by atoms with van der Waals surface area (Å²) in [5.41, 5.74) is 1.39. The van der Waals surface area contributed by atoms with Gasteiger partial charge in [0.25, 0.3) is 0 Å². The van der Waals surface area contributed by atoms with Crippen LogP contribution in [-0.4, -0.2) is 23.5 Å². The number of anilines is 1. The minimum Gasteiger partial charge on any atom is -0.314 e. The van der Waals surface area contributed by atoms with Gasteiger partial charge in [-0.2, -0.15) is 0 Å². The van der Waals surface area contributed by atoms with E-state index in [9.17, 15) is 9.18 Å². The third-order valence-electron chi connectivity index (χ3n) is 3.85. The Kier molecular flexibility index (Phi) is 6.10. The van der Waals surface area contributed by atoms with Gasteiger partial charge in [-0.15, -0.1) is 23.7 Å². The average molecular weight is 356 g/mol. The topological polar surface area (TPSA) is 54.0 Å². The Morgan fingerprint density at radius 2 is 2.30 bits per heavy atom. The Morgan fingerprint density at radius 3 is 3.04 bits per heavy atom. The van der Waals surface area contributed by atoms with Crippen LogP contribution in [0.15, 0.2) is 29.6 Å². The van der Waals surface area contributed by atoms with Gasteiger partial charge >= 0.3 is 0 Å². The van der Waals surface area contributed by atoms with Crippen molar-refractivity contribution in [2.24, 2.45) is 5.92 Å². The standard InChI is InChI=1S/C16H18FN3OS.ClH/c1-10-7-12(5-6-18-10)15(21)20-16-19-14(9-22-16)11-3-2-4-13(17)8-11;/h2-4,8-10,12,18H,5-7H2,1H3,(H,19,20,21);1H/t10-,12-;/m0./s1. The molecule has 1 fully saturated rings. The molecule has 0 radical (unpaired) electrons. The summed E-state index contributed by atoms with van der Waals surface area (Å²) in [6.45, 7) is 2.95. The second-order valence-corrected chi connectivity index (χ2v) is 6.47. The summed E-state index contributed by atoms with van der Waals surface area (Å²) in [7, 11) is 0. The molecule has 4 nitrogen and oxygen atoms in total. The van der Waals surface area contributed by atoms with E-state index in [1.54, 1.807) is 12.1 Å². The third-order valence-corrected chi connectivity index (χ3v) is 4.61. The van der Waals surface area contributed by atoms with Crippen LogP contribution in [0.4, 0.5) is 9.52 Å². The Hall–Kier alpha value is -1.50. The number of benzene rings is 1. The molecule has 23 heavy (non-hydrogen) atoms. The number of piperidine rings is 1. The lowest BCUT2D eigenvalue weighted by Crippen LogP contribution is -2.40. The number of nitrogens with zero attached hydrogens (tertiary/aromatic N) is 1. The van der Waals surface area contributed by atoms with Gasteiger partial charge in [-0.1, -0.05) is 12.1 Å². The summed E-state index contributed by atoms with van der Waals surface area (Å²) in [5, 5.41) is 8.61. The van der Waals surface area contributed by atoms with Gasteiger partial charge in [0.1, 0.15) is 5.82 Å². The number of nitrogens with one attached hydrogen (secondary N) is 2. The van der Waals surface area contributed by atoms with Crippen molar-refractivity contribution in [3.63, 3.8) is 0 Å². The monoisotopic (exact) mass is 355 g/mol. The van der Waals surface area contributed by atoms with E-state index in [0.717, 1.165) is 19.4 Å². The van der Waals surface area contributed by atoms with Crippen molar-refractivity contribution in [2.45, 2.75) is 25.8 Å². The Bertz CT molecular complexity index is 679. The minimum absolute atomic E-state index is 0. The molecule has 0 unspecified atom stereocenters. The van der Waals surface area contributed by atoms with Crippen molar-refractivity contribution in [3.05, 3.63) is 35.5 Å². The van der Waals surface area contributed by atoms with Gasteiger partial charge in [-0.3, -0.25) is 4.79 Å². The van der Waals surface area contributed by atoms with Crippen LogP contribution in [0.25, 0.3) is 11.3 Å². The van der Waals surface area contributed by atoms with Gasteiger partial charge < -0.3 is 10.6 Å². The van der Waals surface area contributed by atoms with Crippen molar-refractivity contribution < 1.29 is 9.18 Å². The molecular formula is C16H19ClFN3OS. The zero-order chi connectivity index (χ0) is 15.5. The van der Waals surface area contributed by atoms with E-state index < -0.39 is 0 Å². The molecular weight excluding hydrogens is 337 g/mol. The molecule has 2 atom stereocenters. The van der Waals surface area contributed by atoms with Crippen molar-refractivity contribution in [1.29, 1.82) is 0 Å². The maximum absolute atomic E-state index is 13.2. The fourth-order valence-electron chi connectivity index (χ4n) is 2.69. The van der Waals surface area contributed by atoms with E-state index in [-0.39, 0.29) is 30.0 Å². The first-order valence-electron chi connectivity index (χ1n) is 7.37. The fraction of sp³-hybridized carbons (Fsp3) is 0.375. The quantitative estimate of drug-likeness (QED) is 0.882. The van der Waals surface area contributed by atoms with Crippen LogP contribution in [0.3, 0.4) is 0 Å². The van der Waals surface area contributed by atoms with E-state index in [1.807, 2.05) is 5.38 Å². The number of halogens is 2. The molecule has 2 N–H and O–H groups in total. The minimum atomic E-state index is -0.292. The van der Waals surface area contributed by atoms with Gasteiger partial charge in [0.2, 0.25) is 5.91 Å². The number of hydrogen-bond acceptors (Lipinski definition) is 4. The first kappa shape index (κ1) is 17.8. The smallest absolute Gasteiger partial charge is 0.229 e. The maximum atomic E-state index is 13.2. The molecule has 124 valence electrons. The number of aromatic nitrogens is 1. The number of carbonyl (C=O) groups excluding carboxylic acids is 1. The van der Waals surface area contributed by atoms with Crippen LogP contribution in [0.5, 0.6) is 0 Å². The number of thiazole rings is 1. The number of amides is 1. The second-order valence-electron chi connectivity index (χ2n) is 5.61. The summed E-state index contributed by atoms with van der Waals surface area (Å²) in [4.78, 5) is 16.7. The number of carbonyl (C=O) groups is 1. The predicted molar refractivity (Wildman–Crippen MR) is 93.6 cm³/mol. The van der Waals surface area contributed by atoms with Crippen molar-refractivity contribution in [1.82, 2.24) is 10.3 Å². The average Bonchev–Trinajstić information content (AvgIpc) is 2.96. The summed E-state index contributed by atoms with van der Waals surface area (Å²) in [6.07, 6.45) is 1.69. The third kappa shape index (κ3) is 4.50. The summed E-state index contributed by atoms with van der Waals surface area (Å²) in [5.74, 6) is -0.244. The molecule has 1 aromatic carbocycles. The Morgan fingerprint density at radius 1 is 1.48 bits per heavy atom. The molecule has 1 amide bonds. The van der Waals surface area contributed by atoms with E-state index in [4.69, 9.17) is 0 Å². The number of rotatable bonds is 3. The highest BCUT2D eigenvalue weighted by Gasteiger charge is 2.25. The van der Waals surface area contributed by atoms with Gasteiger partial charge in [-0.05, 0) is 38.4 Å². The largest absolute Gasteiger partial charge is 0.314 e. The Balaban J connectivity index is 0.00000192. The van der Waals surface area contributed by atoms with Crippen LogP contribution >= 0.6 is 23.7 Å². The lowest BCUT2D eigenvalue weighted by molar-refractivity contribution is -0.120. The summed E-state index contributed by atoms with van der Waals surface area (Å²) < 4.78 is 13.2. The number of hydrogen-bond donors (Lipinski definition) is 2. The molecule has 3 rings (SSSR count). The van der Waals surface area contributed by atoms with E-state index in [0.29, 0.717) is 22.4 Å². The molecule has 1 aromatic heterocycles. The first-order chi connectivity index (χ1) is 10.6. The molecule has 7 heteroatoms. The van der Waals surface area contributed by atoms with Crippen LogP contribution in [0, 0.1) is 11.7 Å². The lowest BCUT2D eigenvalue weighted by Gasteiger charge is -2.26. The SMILES string of the molecule is C[C@H]1C[C@@H](C(=O)Nc2nc(-c3cccc(F)c3)cs2)CCN1.Cl. The van der Waals surface area contributed by atoms with E-state index in [2.05, 4.69) is 22.5 Å². The highest BCUT2D eigenvalue weighted by molar-refractivity contribution is 7.14. The molecule has 2 aromatic rings. The van der Waals surface area contributed by atoms with E-state index >= 15 is 0 Å². The fourth-order valence-corrected chi connectivity index (χ4v) is 3.41. The van der Waals surface area contributed by atoms with Crippen molar-refractivity contribution in [3.8, 4) is 11.3 Å². The highest BCUT2D eigenvalue weighted by Crippen LogP contribution is 2.26. The first-order valence-corrected chi connectivity index (χ1v) is 8.25. The highest BCUT2D eigenvalue weighted by atomic mass is 35.5. The summed E-state index contributed by atoms with van der Waals surface area (Å²) >= 11 is 1.36. The van der Waals surface area contributed by atoms with Crippen LogP contribution < -0.4 is 10.6 Å². The Labute approximate surface area is 144 Å². The van der Waals surface area contributed by atoms with Gasteiger partial charge in [-0.25, -0.2) is 9.37 Å². The van der Waals surface area contributed by atoms with Crippen LogP contribution in [-0.2, 0) is 4.79 Å². The molecule has 0 bridgehead atoms. The maximum Gasteiger partial charge on any atom is 0.229 e. The molecule has 0 aliphatic carbocycles. The molecule has 0 saturated carbocycles. The predicted octanol–water partition coefficient (Wildman–Crippen LogP) is 3.70. The molecule has 2 heterocycles. The molecule has 1 aliphatic heterocycles. The lowest BCUT2D eigenvalue weighted by atomic mass is 9.92. The molecule has 0 spiro atoms.